The Morgan fingerprint density at radius 3 is 1.85 bits per heavy atom. The molecule has 0 saturated carbocycles. The zero-order valence-corrected chi connectivity index (χ0v) is 34.9. The molecule has 0 aliphatic carbocycles. The standard InChI is InChI=1S/C57H40N2OS/c1-57(2,3)36-27-25-35(26-28-36)38-14-6-8-22-51(38)59(52-23-13-19-44-43-18-12-20-45(55(43)61-56(44)52)50-21-10-11-31-58-50)37-29-30-41-46(32-37)39-15-4-5-16-40(39)47-33-49-42-17-7-9-24-53(42)60-54(49)34-48(41)47/h4-34H,1-3H3. The minimum atomic E-state index is 0.0588. The van der Waals surface area contributed by atoms with Crippen LogP contribution >= 0.6 is 11.3 Å². The van der Waals surface area contributed by atoms with E-state index >= 15 is 0 Å². The van der Waals surface area contributed by atoms with Crippen molar-refractivity contribution in [3.8, 4) is 22.4 Å². The van der Waals surface area contributed by atoms with Gasteiger partial charge in [0.05, 0.1) is 21.8 Å². The topological polar surface area (TPSA) is 29.3 Å². The minimum absolute atomic E-state index is 0.0588. The first-order valence-electron chi connectivity index (χ1n) is 20.9. The number of nitrogens with zero attached hydrogens (tertiary/aromatic N) is 2. The summed E-state index contributed by atoms with van der Waals surface area (Å²) in [4.78, 5) is 7.27. The molecule has 3 heterocycles. The highest BCUT2D eigenvalue weighted by molar-refractivity contribution is 7.27. The van der Waals surface area contributed by atoms with E-state index < -0.39 is 0 Å². The summed E-state index contributed by atoms with van der Waals surface area (Å²) in [6.07, 6.45) is 1.88. The van der Waals surface area contributed by atoms with E-state index in [1.165, 1.54) is 69.2 Å². The predicted molar refractivity (Wildman–Crippen MR) is 261 cm³/mol. The lowest BCUT2D eigenvalue weighted by Gasteiger charge is -2.29. The summed E-state index contributed by atoms with van der Waals surface area (Å²) in [5, 5.41) is 12.0. The second-order valence-electron chi connectivity index (χ2n) is 17.1. The molecule has 0 aliphatic rings. The molecule has 0 spiro atoms. The summed E-state index contributed by atoms with van der Waals surface area (Å²) in [5.74, 6) is 0. The van der Waals surface area contributed by atoms with Crippen LogP contribution in [0.2, 0.25) is 0 Å². The first-order valence-corrected chi connectivity index (χ1v) is 21.8. The number of fused-ring (bicyclic) bond motifs is 12. The van der Waals surface area contributed by atoms with Gasteiger partial charge in [-0.05, 0) is 103 Å². The van der Waals surface area contributed by atoms with Crippen LogP contribution in [0, 0.1) is 0 Å². The molecule has 290 valence electrons. The molecule has 4 heteroatoms. The van der Waals surface area contributed by atoms with E-state index in [0.717, 1.165) is 50.3 Å². The molecule has 0 aliphatic heterocycles. The summed E-state index contributed by atoms with van der Waals surface area (Å²) in [5.41, 5.74) is 11.0. The van der Waals surface area contributed by atoms with Gasteiger partial charge in [-0.3, -0.25) is 4.98 Å². The van der Waals surface area contributed by atoms with Crippen molar-refractivity contribution in [2.45, 2.75) is 26.2 Å². The van der Waals surface area contributed by atoms with Crippen molar-refractivity contribution in [3.63, 3.8) is 0 Å². The number of hydrogen-bond donors (Lipinski definition) is 0. The Kier molecular flexibility index (Phi) is 7.97. The Morgan fingerprint density at radius 1 is 0.443 bits per heavy atom. The third-order valence-corrected chi connectivity index (χ3v) is 13.7. The van der Waals surface area contributed by atoms with Crippen LogP contribution in [0.5, 0.6) is 0 Å². The highest BCUT2D eigenvalue weighted by Gasteiger charge is 2.24. The number of para-hydroxylation sites is 2. The van der Waals surface area contributed by atoms with Gasteiger partial charge in [0.2, 0.25) is 0 Å². The number of pyridine rings is 1. The zero-order chi connectivity index (χ0) is 40.8. The van der Waals surface area contributed by atoms with E-state index in [1.54, 1.807) is 0 Å². The molecule has 0 unspecified atom stereocenters. The first kappa shape index (κ1) is 35.7. The molecular weight excluding hydrogens is 761 g/mol. The number of aromatic nitrogens is 1. The maximum absolute atomic E-state index is 6.47. The van der Waals surface area contributed by atoms with E-state index in [-0.39, 0.29) is 5.41 Å². The van der Waals surface area contributed by atoms with Gasteiger partial charge in [0, 0.05) is 49.3 Å². The number of thiophene rings is 1. The van der Waals surface area contributed by atoms with Crippen LogP contribution in [0.25, 0.3) is 96.8 Å². The van der Waals surface area contributed by atoms with Crippen LogP contribution in [-0.4, -0.2) is 4.98 Å². The summed E-state index contributed by atoms with van der Waals surface area (Å²) >= 11 is 1.85. The van der Waals surface area contributed by atoms with E-state index in [4.69, 9.17) is 9.40 Å². The summed E-state index contributed by atoms with van der Waals surface area (Å²) in [7, 11) is 0. The number of rotatable bonds is 5. The normalized spacial score (nSPS) is 12.2. The Bertz CT molecular complexity index is 3690. The number of hydrogen-bond acceptors (Lipinski definition) is 4. The predicted octanol–water partition coefficient (Wildman–Crippen LogP) is 16.9. The van der Waals surface area contributed by atoms with Crippen molar-refractivity contribution >= 4 is 103 Å². The van der Waals surface area contributed by atoms with Gasteiger partial charge in [0.15, 0.2) is 0 Å². The molecule has 9 aromatic carbocycles. The smallest absolute Gasteiger partial charge is 0.136 e. The van der Waals surface area contributed by atoms with E-state index in [9.17, 15) is 0 Å². The molecule has 0 radical (unpaired) electrons. The van der Waals surface area contributed by atoms with Crippen LogP contribution in [-0.2, 0) is 5.41 Å². The highest BCUT2D eigenvalue weighted by atomic mass is 32.1. The molecule has 12 rings (SSSR count). The fourth-order valence-corrected chi connectivity index (χ4v) is 10.8. The number of benzene rings is 9. The largest absolute Gasteiger partial charge is 0.456 e. The van der Waals surface area contributed by atoms with Gasteiger partial charge < -0.3 is 9.32 Å². The van der Waals surface area contributed by atoms with Crippen molar-refractivity contribution in [1.29, 1.82) is 0 Å². The van der Waals surface area contributed by atoms with Crippen LogP contribution in [0.4, 0.5) is 17.1 Å². The zero-order valence-electron chi connectivity index (χ0n) is 34.1. The minimum Gasteiger partial charge on any atom is -0.456 e. The summed E-state index contributed by atoms with van der Waals surface area (Å²) < 4.78 is 8.94. The van der Waals surface area contributed by atoms with Crippen molar-refractivity contribution in [2.75, 3.05) is 4.90 Å². The van der Waals surface area contributed by atoms with Crippen molar-refractivity contribution in [2.24, 2.45) is 0 Å². The van der Waals surface area contributed by atoms with Gasteiger partial charge in [-0.2, -0.15) is 0 Å². The number of anilines is 3. The molecule has 0 amide bonds. The van der Waals surface area contributed by atoms with E-state index in [2.05, 4.69) is 196 Å². The molecule has 0 N–H and O–H groups in total. The average molecular weight is 801 g/mol. The van der Waals surface area contributed by atoms with E-state index in [0.29, 0.717) is 0 Å². The van der Waals surface area contributed by atoms with Gasteiger partial charge in [-0.25, -0.2) is 0 Å². The van der Waals surface area contributed by atoms with Crippen molar-refractivity contribution in [3.05, 3.63) is 194 Å². The quantitative estimate of drug-likeness (QED) is 0.162. The third-order valence-electron chi connectivity index (χ3n) is 12.5. The Balaban J connectivity index is 1.14. The van der Waals surface area contributed by atoms with Gasteiger partial charge in [-0.15, -0.1) is 11.3 Å². The van der Waals surface area contributed by atoms with Gasteiger partial charge in [0.25, 0.3) is 0 Å². The van der Waals surface area contributed by atoms with E-state index in [1.807, 2.05) is 29.7 Å². The number of furan rings is 1. The SMILES string of the molecule is CC(C)(C)c1ccc(-c2ccccc2N(c2ccc3c(c2)c2ccccc2c2cc4c(cc32)oc2ccccc24)c2cccc3c2sc2c(-c4ccccn4)cccc23)cc1. The molecule has 0 saturated heterocycles. The first-order chi connectivity index (χ1) is 29.9. The molecule has 3 aromatic heterocycles. The maximum Gasteiger partial charge on any atom is 0.136 e. The highest BCUT2D eigenvalue weighted by Crippen LogP contribution is 2.50. The second kappa shape index (κ2) is 13.6. The van der Waals surface area contributed by atoms with Gasteiger partial charge in [0.1, 0.15) is 11.2 Å². The lowest BCUT2D eigenvalue weighted by atomic mass is 9.86. The summed E-state index contributed by atoms with van der Waals surface area (Å²) in [6.45, 7) is 6.82. The Labute approximate surface area is 357 Å². The second-order valence-corrected chi connectivity index (χ2v) is 18.1. The van der Waals surface area contributed by atoms with Crippen LogP contribution < -0.4 is 4.90 Å². The molecule has 12 aromatic rings. The Hall–Kier alpha value is -7.27. The average Bonchev–Trinajstić information content (AvgIpc) is 3.87. The molecule has 0 bridgehead atoms. The van der Waals surface area contributed by atoms with Crippen molar-refractivity contribution < 1.29 is 4.42 Å². The Morgan fingerprint density at radius 2 is 1.07 bits per heavy atom. The van der Waals surface area contributed by atoms with Crippen LogP contribution in [0.1, 0.15) is 26.3 Å². The fourth-order valence-electron chi connectivity index (χ4n) is 9.47. The lowest BCUT2D eigenvalue weighted by molar-refractivity contribution is 0.590. The molecule has 3 nitrogen and oxygen atoms in total. The molecule has 61 heavy (non-hydrogen) atoms. The third kappa shape index (κ3) is 5.67. The molecule has 0 atom stereocenters. The monoisotopic (exact) mass is 800 g/mol. The molecular formula is C57H40N2OS. The van der Waals surface area contributed by atoms with Crippen LogP contribution in [0.3, 0.4) is 0 Å². The summed E-state index contributed by atoms with van der Waals surface area (Å²) in [6, 6.07) is 66.4. The van der Waals surface area contributed by atoms with Crippen molar-refractivity contribution in [1.82, 2.24) is 4.98 Å². The molecule has 0 fully saturated rings. The van der Waals surface area contributed by atoms with Crippen LogP contribution in [0.15, 0.2) is 193 Å². The van der Waals surface area contributed by atoms with Gasteiger partial charge in [-0.1, -0.05) is 148 Å². The lowest BCUT2D eigenvalue weighted by Crippen LogP contribution is -2.12. The fraction of sp³-hybridized carbons (Fsp3) is 0.0702. The van der Waals surface area contributed by atoms with Gasteiger partial charge >= 0.3 is 0 Å². The maximum atomic E-state index is 6.47.